The quantitative estimate of drug-likeness (QED) is 0.533. The lowest BCUT2D eigenvalue weighted by Crippen LogP contribution is -2.16. The normalized spacial score (nSPS) is 10.8. The van der Waals surface area contributed by atoms with E-state index in [0.717, 1.165) is 8.95 Å². The molecule has 1 N–H and O–H groups in total. The van der Waals surface area contributed by atoms with Gasteiger partial charge in [0, 0.05) is 15.4 Å². The van der Waals surface area contributed by atoms with Crippen LogP contribution in [0.3, 0.4) is 0 Å². The zero-order valence-electron chi connectivity index (χ0n) is 13.3. The summed E-state index contributed by atoms with van der Waals surface area (Å²) >= 11 is 12.8. The zero-order chi connectivity index (χ0) is 18.8. The Morgan fingerprint density at radius 2 is 1.92 bits per heavy atom. The van der Waals surface area contributed by atoms with Crippen LogP contribution in [-0.4, -0.2) is 15.2 Å². The average molecular weight is 504 g/mol. The number of halogens is 4. The number of aryl methyl sites for hydroxylation is 1. The molecule has 0 amide bonds. The summed E-state index contributed by atoms with van der Waals surface area (Å²) in [6.07, 6.45) is 0.0825. The highest BCUT2D eigenvalue weighted by atomic mass is 79.9. The van der Waals surface area contributed by atoms with Gasteiger partial charge in [-0.15, -0.1) is 0 Å². The second-order valence-corrected chi connectivity index (χ2v) is 7.64. The monoisotopic (exact) mass is 501 g/mol. The number of nitrogens with zero attached hydrogens (tertiary/aromatic N) is 2. The molecule has 0 spiro atoms. The summed E-state index contributed by atoms with van der Waals surface area (Å²) in [4.78, 5) is 15.4. The zero-order valence-corrected chi connectivity index (χ0v) is 17.2. The summed E-state index contributed by atoms with van der Waals surface area (Å²) in [5.74, 6) is 0.0103. The molecule has 1 aromatic heterocycles. The van der Waals surface area contributed by atoms with Crippen molar-refractivity contribution in [1.82, 2.24) is 15.2 Å². The molecule has 0 radical (unpaired) electrons. The molecule has 1 heterocycles. The van der Waals surface area contributed by atoms with E-state index in [4.69, 9.17) is 16.3 Å². The van der Waals surface area contributed by atoms with Gasteiger partial charge in [0.1, 0.15) is 11.4 Å². The Morgan fingerprint density at radius 1 is 1.23 bits per heavy atom. The molecule has 0 bridgehead atoms. The van der Waals surface area contributed by atoms with Crippen LogP contribution < -0.4 is 10.3 Å². The van der Waals surface area contributed by atoms with Gasteiger partial charge in [0.15, 0.2) is 17.4 Å². The van der Waals surface area contributed by atoms with E-state index in [9.17, 15) is 9.18 Å². The van der Waals surface area contributed by atoms with Crippen molar-refractivity contribution >= 4 is 43.5 Å². The van der Waals surface area contributed by atoms with Gasteiger partial charge in [-0.1, -0.05) is 49.5 Å². The van der Waals surface area contributed by atoms with Crippen LogP contribution in [0.25, 0.3) is 0 Å². The van der Waals surface area contributed by atoms with Crippen molar-refractivity contribution in [1.29, 1.82) is 0 Å². The van der Waals surface area contributed by atoms with Gasteiger partial charge >= 0.3 is 0 Å². The third-order valence-electron chi connectivity index (χ3n) is 3.45. The smallest absolute Gasteiger partial charge is 0.285 e. The first-order chi connectivity index (χ1) is 12.3. The third kappa shape index (κ3) is 4.31. The molecule has 0 aliphatic carbocycles. The second-order valence-electron chi connectivity index (χ2n) is 5.40. The second kappa shape index (κ2) is 7.85. The molecule has 134 valence electrons. The highest BCUT2D eigenvalue weighted by Gasteiger charge is 2.17. The Labute approximate surface area is 169 Å². The molecule has 0 saturated carbocycles. The Kier molecular flexibility index (Phi) is 5.74. The molecule has 0 saturated heterocycles. The van der Waals surface area contributed by atoms with Gasteiger partial charge in [0.2, 0.25) is 0 Å². The van der Waals surface area contributed by atoms with E-state index in [1.165, 1.54) is 6.07 Å². The van der Waals surface area contributed by atoms with E-state index in [1.807, 2.05) is 6.07 Å². The molecule has 3 rings (SSSR count). The van der Waals surface area contributed by atoms with E-state index in [0.29, 0.717) is 17.1 Å². The standard InChI is InChI=1S/C17H11Br2ClFN3O2/c1-8-17(25)24-23-14(22-8)4-9-2-3-13(20)16(15(9)21)26-12-6-10(18)5-11(19)7-12/h2-3,5-7H,4H2,1H3,(H,24,25). The van der Waals surface area contributed by atoms with Crippen molar-refractivity contribution in [3.63, 3.8) is 0 Å². The predicted octanol–water partition coefficient (Wildman–Crippen LogP) is 5.17. The average Bonchev–Trinajstić information content (AvgIpc) is 2.56. The van der Waals surface area contributed by atoms with Crippen LogP contribution in [0.2, 0.25) is 5.02 Å². The van der Waals surface area contributed by atoms with E-state index < -0.39 is 5.82 Å². The van der Waals surface area contributed by atoms with Gasteiger partial charge in [-0.25, -0.2) is 14.5 Å². The van der Waals surface area contributed by atoms with Crippen LogP contribution in [0.15, 0.2) is 44.1 Å². The largest absolute Gasteiger partial charge is 0.453 e. The maximum atomic E-state index is 14.9. The molecule has 26 heavy (non-hydrogen) atoms. The SMILES string of the molecule is Cc1nc(Cc2ccc(Cl)c(Oc3cc(Br)cc(Br)c3)c2F)n[nH]c1=O. The first-order valence-corrected chi connectivity index (χ1v) is 9.33. The van der Waals surface area contributed by atoms with Crippen molar-refractivity contribution in [3.8, 4) is 11.5 Å². The predicted molar refractivity (Wildman–Crippen MR) is 104 cm³/mol. The lowest BCUT2D eigenvalue weighted by atomic mass is 10.1. The highest BCUT2D eigenvalue weighted by molar-refractivity contribution is 9.11. The van der Waals surface area contributed by atoms with Crippen molar-refractivity contribution in [2.75, 3.05) is 0 Å². The number of aromatic nitrogens is 3. The molecular weight excluding hydrogens is 492 g/mol. The number of benzene rings is 2. The van der Waals surface area contributed by atoms with Crippen LogP contribution in [0.4, 0.5) is 4.39 Å². The Bertz CT molecular complexity index is 1020. The van der Waals surface area contributed by atoms with Crippen molar-refractivity contribution in [2.24, 2.45) is 0 Å². The number of rotatable bonds is 4. The number of hydrogen-bond acceptors (Lipinski definition) is 4. The molecule has 5 nitrogen and oxygen atoms in total. The van der Waals surface area contributed by atoms with Crippen LogP contribution in [0.5, 0.6) is 11.5 Å². The molecule has 3 aromatic rings. The van der Waals surface area contributed by atoms with E-state index in [2.05, 4.69) is 47.0 Å². The van der Waals surface area contributed by atoms with Gasteiger partial charge < -0.3 is 4.74 Å². The van der Waals surface area contributed by atoms with Gasteiger partial charge in [-0.2, -0.15) is 5.10 Å². The first-order valence-electron chi connectivity index (χ1n) is 7.36. The van der Waals surface area contributed by atoms with Crippen molar-refractivity contribution in [3.05, 3.63) is 77.6 Å². The minimum absolute atomic E-state index is 0.0825. The van der Waals surface area contributed by atoms with Crippen LogP contribution in [-0.2, 0) is 6.42 Å². The molecular formula is C17H11Br2ClFN3O2. The van der Waals surface area contributed by atoms with E-state index >= 15 is 0 Å². The fourth-order valence-corrected chi connectivity index (χ4v) is 3.66. The summed E-state index contributed by atoms with van der Waals surface area (Å²) in [6.45, 7) is 1.56. The first kappa shape index (κ1) is 19.0. The molecule has 0 aliphatic heterocycles. The highest BCUT2D eigenvalue weighted by Crippen LogP contribution is 2.36. The molecule has 0 fully saturated rings. The summed E-state index contributed by atoms with van der Waals surface area (Å²) in [6, 6.07) is 8.30. The number of ether oxygens (including phenoxy) is 1. The van der Waals surface area contributed by atoms with Crippen LogP contribution in [0.1, 0.15) is 17.1 Å². The molecule has 0 unspecified atom stereocenters. The molecule has 0 atom stereocenters. The van der Waals surface area contributed by atoms with Crippen LogP contribution >= 0.6 is 43.5 Å². The number of nitrogens with one attached hydrogen (secondary N) is 1. The minimum atomic E-state index is -0.610. The van der Waals surface area contributed by atoms with Gasteiger partial charge in [-0.3, -0.25) is 4.79 Å². The van der Waals surface area contributed by atoms with E-state index in [-0.39, 0.29) is 28.4 Å². The maximum absolute atomic E-state index is 14.9. The number of H-pyrrole nitrogens is 1. The molecule has 9 heteroatoms. The van der Waals surface area contributed by atoms with E-state index in [1.54, 1.807) is 25.1 Å². The van der Waals surface area contributed by atoms with Crippen molar-refractivity contribution < 1.29 is 9.13 Å². The lowest BCUT2D eigenvalue weighted by molar-refractivity contribution is 0.438. The molecule has 0 aliphatic rings. The summed E-state index contributed by atoms with van der Waals surface area (Å²) in [5.41, 5.74) is 0.180. The van der Waals surface area contributed by atoms with Crippen molar-refractivity contribution in [2.45, 2.75) is 13.3 Å². The Hall–Kier alpha value is -1.77. The number of aromatic amines is 1. The van der Waals surface area contributed by atoms with Gasteiger partial charge in [-0.05, 0) is 36.8 Å². The Balaban J connectivity index is 1.95. The summed E-state index contributed by atoms with van der Waals surface area (Å²) in [5, 5.41) is 6.30. The van der Waals surface area contributed by atoms with Crippen LogP contribution in [0, 0.1) is 12.7 Å². The third-order valence-corrected chi connectivity index (χ3v) is 4.66. The topological polar surface area (TPSA) is 67.9 Å². The fourth-order valence-electron chi connectivity index (χ4n) is 2.22. The summed E-state index contributed by atoms with van der Waals surface area (Å²) < 4.78 is 22.1. The minimum Gasteiger partial charge on any atom is -0.453 e. The maximum Gasteiger partial charge on any atom is 0.285 e. The summed E-state index contributed by atoms with van der Waals surface area (Å²) in [7, 11) is 0. The van der Waals surface area contributed by atoms with Gasteiger partial charge in [0.25, 0.3) is 5.56 Å². The number of hydrogen-bond donors (Lipinski definition) is 1. The lowest BCUT2D eigenvalue weighted by Gasteiger charge is -2.12. The van der Waals surface area contributed by atoms with Gasteiger partial charge in [0.05, 0.1) is 5.02 Å². The Morgan fingerprint density at radius 3 is 2.58 bits per heavy atom. The molecule has 2 aromatic carbocycles. The fraction of sp³-hybridized carbons (Fsp3) is 0.118.